The van der Waals surface area contributed by atoms with Crippen LogP contribution in [0.5, 0.6) is 11.5 Å². The number of rotatable bonds is 8. The molecule has 0 saturated carbocycles. The first-order valence-electron chi connectivity index (χ1n) is 10.6. The quantitative estimate of drug-likeness (QED) is 0.562. The number of aromatic nitrogens is 3. The summed E-state index contributed by atoms with van der Waals surface area (Å²) in [5.41, 5.74) is 0.252. The van der Waals surface area contributed by atoms with Gasteiger partial charge in [0.1, 0.15) is 0 Å². The Kier molecular flexibility index (Phi) is 7.32. The van der Waals surface area contributed by atoms with Gasteiger partial charge in [-0.2, -0.15) is 9.78 Å². The molecule has 9 nitrogen and oxygen atoms in total. The maximum atomic E-state index is 13.4. The van der Waals surface area contributed by atoms with Gasteiger partial charge >= 0.3 is 5.69 Å². The van der Waals surface area contributed by atoms with E-state index in [1.54, 1.807) is 18.2 Å². The average Bonchev–Trinajstić information content (AvgIpc) is 2.82. The van der Waals surface area contributed by atoms with E-state index in [0.717, 1.165) is 20.4 Å². The lowest BCUT2D eigenvalue weighted by Gasteiger charge is -2.15. The molecule has 0 aliphatic heterocycles. The van der Waals surface area contributed by atoms with Gasteiger partial charge in [0.05, 0.1) is 26.5 Å². The monoisotopic (exact) mass is 452 g/mol. The summed E-state index contributed by atoms with van der Waals surface area (Å²) in [6, 6.07) is 12.1. The molecule has 0 radical (unpaired) electrons. The Labute approximate surface area is 191 Å². The number of hydrogen-bond acceptors (Lipinski definition) is 6. The molecule has 0 bridgehead atoms. The van der Waals surface area contributed by atoms with Crippen LogP contribution >= 0.6 is 0 Å². The van der Waals surface area contributed by atoms with E-state index in [4.69, 9.17) is 9.47 Å². The van der Waals surface area contributed by atoms with Gasteiger partial charge in [-0.05, 0) is 43.5 Å². The molecule has 33 heavy (non-hydrogen) atoms. The van der Waals surface area contributed by atoms with Crippen molar-refractivity contribution in [3.05, 3.63) is 80.1 Å². The molecule has 1 N–H and O–H groups in total. The predicted octanol–water partition coefficient (Wildman–Crippen LogP) is 2.30. The van der Waals surface area contributed by atoms with Gasteiger partial charge in [0.2, 0.25) is 5.69 Å². The number of nitrogens with zero attached hydrogens (tertiary/aromatic N) is 3. The summed E-state index contributed by atoms with van der Waals surface area (Å²) in [4.78, 5) is 39.5. The molecule has 1 heterocycles. The van der Waals surface area contributed by atoms with E-state index in [1.165, 1.54) is 14.2 Å². The van der Waals surface area contributed by atoms with Gasteiger partial charge in [-0.25, -0.2) is 4.79 Å². The third-order valence-corrected chi connectivity index (χ3v) is 5.47. The summed E-state index contributed by atoms with van der Waals surface area (Å²) in [6.07, 6.45) is 0.679. The van der Waals surface area contributed by atoms with Gasteiger partial charge in [0.15, 0.2) is 11.5 Å². The molecule has 0 saturated heterocycles. The van der Waals surface area contributed by atoms with E-state index in [0.29, 0.717) is 23.6 Å². The Hall–Kier alpha value is -3.88. The summed E-state index contributed by atoms with van der Waals surface area (Å²) in [7, 11) is 2.98. The van der Waals surface area contributed by atoms with Crippen molar-refractivity contribution < 1.29 is 14.3 Å². The largest absolute Gasteiger partial charge is 0.493 e. The highest BCUT2D eigenvalue weighted by molar-refractivity contribution is 5.91. The van der Waals surface area contributed by atoms with Crippen molar-refractivity contribution >= 4 is 5.91 Å². The molecular formula is C24H28N4O5. The van der Waals surface area contributed by atoms with Crippen LogP contribution in [0, 0.1) is 6.92 Å². The zero-order chi connectivity index (χ0) is 24.1. The Bertz CT molecular complexity index is 1280. The summed E-state index contributed by atoms with van der Waals surface area (Å²) in [5.74, 6) is 0.213. The zero-order valence-electron chi connectivity index (χ0n) is 19.4. The van der Waals surface area contributed by atoms with E-state index in [1.807, 2.05) is 45.0 Å². The van der Waals surface area contributed by atoms with Crippen LogP contribution < -0.4 is 26.0 Å². The maximum absolute atomic E-state index is 13.4. The van der Waals surface area contributed by atoms with Crippen LogP contribution in [0.4, 0.5) is 0 Å². The Morgan fingerprint density at radius 1 is 1.09 bits per heavy atom. The average molecular weight is 453 g/mol. The van der Waals surface area contributed by atoms with Crippen molar-refractivity contribution in [1.29, 1.82) is 0 Å². The first-order valence-corrected chi connectivity index (χ1v) is 10.6. The highest BCUT2D eigenvalue weighted by atomic mass is 16.5. The van der Waals surface area contributed by atoms with Crippen LogP contribution in [0.15, 0.2) is 52.1 Å². The molecule has 1 amide bonds. The molecule has 174 valence electrons. The number of carbonyl (C=O) groups excluding carboxylic acids is 1. The number of methoxy groups -OCH3 is 2. The van der Waals surface area contributed by atoms with Crippen LogP contribution in [0.25, 0.3) is 5.69 Å². The highest BCUT2D eigenvalue weighted by Gasteiger charge is 2.22. The minimum Gasteiger partial charge on any atom is -0.493 e. The van der Waals surface area contributed by atoms with E-state index >= 15 is 0 Å². The lowest BCUT2D eigenvalue weighted by molar-refractivity contribution is 0.0929. The zero-order valence-corrected chi connectivity index (χ0v) is 19.4. The number of hydrogen-bond donors (Lipinski definition) is 1. The van der Waals surface area contributed by atoms with Crippen LogP contribution in [0.1, 0.15) is 41.9 Å². The van der Waals surface area contributed by atoms with E-state index in [2.05, 4.69) is 10.4 Å². The standard InChI is InChI=1S/C24H28N4O5/c1-6-16(3)25-22(29)21-23(30)27(14-17-10-8-7-9-15(17)2)24(31)28(26-21)18-11-12-19(32-4)20(13-18)33-5/h7-13,16H,6,14H2,1-5H3,(H,25,29). The van der Waals surface area contributed by atoms with E-state index in [-0.39, 0.29) is 18.3 Å². The van der Waals surface area contributed by atoms with Crippen molar-refractivity contribution in [1.82, 2.24) is 19.7 Å². The number of aryl methyl sites for hydroxylation is 1. The van der Waals surface area contributed by atoms with Crippen molar-refractivity contribution in [2.45, 2.75) is 39.8 Å². The van der Waals surface area contributed by atoms with Crippen LogP contribution in [-0.2, 0) is 6.54 Å². The summed E-state index contributed by atoms with van der Waals surface area (Å²) in [5, 5.41) is 6.90. The van der Waals surface area contributed by atoms with Crippen LogP contribution in [0.3, 0.4) is 0 Å². The molecule has 3 rings (SSSR count). The maximum Gasteiger partial charge on any atom is 0.352 e. The van der Waals surface area contributed by atoms with Crippen LogP contribution in [0.2, 0.25) is 0 Å². The smallest absolute Gasteiger partial charge is 0.352 e. The van der Waals surface area contributed by atoms with E-state index < -0.39 is 17.2 Å². The molecule has 2 aromatic carbocycles. The lowest BCUT2D eigenvalue weighted by Crippen LogP contribution is -2.47. The summed E-state index contributed by atoms with van der Waals surface area (Å²) < 4.78 is 12.7. The predicted molar refractivity (Wildman–Crippen MR) is 125 cm³/mol. The summed E-state index contributed by atoms with van der Waals surface area (Å²) >= 11 is 0. The van der Waals surface area contributed by atoms with Crippen molar-refractivity contribution in [3.8, 4) is 17.2 Å². The SMILES string of the molecule is CCC(C)NC(=O)c1nn(-c2ccc(OC)c(OC)c2)c(=O)n(Cc2ccccc2C)c1=O. The number of nitrogens with one attached hydrogen (secondary N) is 1. The number of amides is 1. The van der Waals surface area contributed by atoms with Gasteiger partial charge in [0, 0.05) is 12.1 Å². The van der Waals surface area contributed by atoms with E-state index in [9.17, 15) is 14.4 Å². The first kappa shape index (κ1) is 23.8. The third-order valence-electron chi connectivity index (χ3n) is 5.47. The van der Waals surface area contributed by atoms with Crippen LogP contribution in [-0.4, -0.2) is 40.5 Å². The fraction of sp³-hybridized carbons (Fsp3) is 0.333. The first-order chi connectivity index (χ1) is 15.8. The van der Waals surface area contributed by atoms with Crippen molar-refractivity contribution in [3.63, 3.8) is 0 Å². The highest BCUT2D eigenvalue weighted by Crippen LogP contribution is 2.28. The number of benzene rings is 2. The minimum atomic E-state index is -0.749. The van der Waals surface area contributed by atoms with Gasteiger partial charge < -0.3 is 14.8 Å². The molecule has 9 heteroatoms. The van der Waals surface area contributed by atoms with Gasteiger partial charge in [-0.15, -0.1) is 0 Å². The number of ether oxygens (including phenoxy) is 2. The Morgan fingerprint density at radius 3 is 2.42 bits per heavy atom. The molecular weight excluding hydrogens is 424 g/mol. The second-order valence-electron chi connectivity index (χ2n) is 7.68. The fourth-order valence-corrected chi connectivity index (χ4v) is 3.27. The Balaban J connectivity index is 2.24. The van der Waals surface area contributed by atoms with Gasteiger partial charge in [-0.3, -0.25) is 14.2 Å². The van der Waals surface area contributed by atoms with Gasteiger partial charge in [-0.1, -0.05) is 31.2 Å². The molecule has 0 aliphatic rings. The molecule has 0 spiro atoms. The normalized spacial score (nSPS) is 11.7. The molecule has 0 aliphatic carbocycles. The minimum absolute atomic E-state index is 0.00373. The van der Waals surface area contributed by atoms with Gasteiger partial charge in [0.25, 0.3) is 11.5 Å². The molecule has 0 fully saturated rings. The number of carbonyl (C=O) groups is 1. The third kappa shape index (κ3) is 4.97. The molecule has 3 aromatic rings. The second kappa shape index (κ2) is 10.2. The second-order valence-corrected chi connectivity index (χ2v) is 7.68. The Morgan fingerprint density at radius 2 is 1.79 bits per heavy atom. The lowest BCUT2D eigenvalue weighted by atomic mass is 10.1. The fourth-order valence-electron chi connectivity index (χ4n) is 3.27. The molecule has 1 aromatic heterocycles. The summed E-state index contributed by atoms with van der Waals surface area (Å²) in [6.45, 7) is 5.64. The molecule has 1 unspecified atom stereocenters. The van der Waals surface area contributed by atoms with Crippen molar-refractivity contribution in [2.24, 2.45) is 0 Å². The van der Waals surface area contributed by atoms with Crippen molar-refractivity contribution in [2.75, 3.05) is 14.2 Å². The topological polar surface area (TPSA) is 104 Å². The molecule has 1 atom stereocenters.